The van der Waals surface area contributed by atoms with Crippen molar-refractivity contribution < 1.29 is 9.90 Å². The van der Waals surface area contributed by atoms with Crippen molar-refractivity contribution in [3.8, 4) is 0 Å². The number of rotatable bonds is 0. The van der Waals surface area contributed by atoms with Crippen LogP contribution in [0.3, 0.4) is 0 Å². The molecule has 0 aliphatic carbocycles. The van der Waals surface area contributed by atoms with Gasteiger partial charge in [-0.3, -0.25) is 10.1 Å². The van der Waals surface area contributed by atoms with Crippen LogP contribution in [-0.4, -0.2) is 24.2 Å². The summed E-state index contributed by atoms with van der Waals surface area (Å²) >= 11 is 0. The zero-order valence-corrected chi connectivity index (χ0v) is 4.85. The molecule has 1 saturated heterocycles. The SMILES string of the molecule is O=C1NCNC/C1=C\O. The van der Waals surface area contributed by atoms with Gasteiger partial charge in [0.05, 0.1) is 18.5 Å². The van der Waals surface area contributed by atoms with Gasteiger partial charge in [-0.15, -0.1) is 0 Å². The Morgan fingerprint density at radius 2 is 2.44 bits per heavy atom. The minimum absolute atomic E-state index is 0.198. The number of carbonyl (C=O) groups excluding carboxylic acids is 1. The molecule has 0 radical (unpaired) electrons. The van der Waals surface area contributed by atoms with E-state index < -0.39 is 0 Å². The molecule has 1 aliphatic heterocycles. The number of aliphatic hydroxyl groups is 1. The molecular weight excluding hydrogens is 120 g/mol. The van der Waals surface area contributed by atoms with Crippen LogP contribution in [0.1, 0.15) is 0 Å². The summed E-state index contributed by atoms with van der Waals surface area (Å²) in [6, 6.07) is 0. The predicted octanol–water partition coefficient (Wildman–Crippen LogP) is -0.895. The maximum atomic E-state index is 10.6. The predicted molar refractivity (Wildman–Crippen MR) is 31.7 cm³/mol. The number of amides is 1. The van der Waals surface area contributed by atoms with E-state index in [1.54, 1.807) is 0 Å². The molecule has 3 N–H and O–H groups in total. The molecule has 0 saturated carbocycles. The first-order chi connectivity index (χ1) is 4.34. The van der Waals surface area contributed by atoms with Crippen molar-refractivity contribution in [3.63, 3.8) is 0 Å². The molecule has 1 aliphatic rings. The Morgan fingerprint density at radius 1 is 1.67 bits per heavy atom. The van der Waals surface area contributed by atoms with Gasteiger partial charge in [-0.2, -0.15) is 0 Å². The van der Waals surface area contributed by atoms with Crippen molar-refractivity contribution in [2.75, 3.05) is 13.2 Å². The fourth-order valence-electron chi connectivity index (χ4n) is 0.638. The van der Waals surface area contributed by atoms with E-state index in [4.69, 9.17) is 5.11 Å². The van der Waals surface area contributed by atoms with E-state index >= 15 is 0 Å². The third-order valence-corrected chi connectivity index (χ3v) is 1.14. The summed E-state index contributed by atoms with van der Waals surface area (Å²) in [7, 11) is 0. The van der Waals surface area contributed by atoms with E-state index in [2.05, 4.69) is 10.6 Å². The number of hydrogen-bond donors (Lipinski definition) is 3. The molecule has 0 atom stereocenters. The molecule has 1 heterocycles. The zero-order chi connectivity index (χ0) is 6.69. The van der Waals surface area contributed by atoms with Crippen LogP contribution in [0.4, 0.5) is 0 Å². The van der Waals surface area contributed by atoms with Crippen LogP contribution in [0.25, 0.3) is 0 Å². The van der Waals surface area contributed by atoms with Gasteiger partial charge in [-0.25, -0.2) is 0 Å². The molecule has 4 nitrogen and oxygen atoms in total. The highest BCUT2D eigenvalue weighted by atomic mass is 16.2. The Labute approximate surface area is 52.6 Å². The standard InChI is InChI=1S/C5H8N2O2/c8-2-4-1-6-3-7-5(4)9/h2,6,8H,1,3H2,(H,7,9)/b4-2+. The molecule has 9 heavy (non-hydrogen) atoms. The molecule has 1 amide bonds. The summed E-state index contributed by atoms with van der Waals surface area (Å²) < 4.78 is 0. The number of hydrogen-bond acceptors (Lipinski definition) is 3. The summed E-state index contributed by atoms with van der Waals surface area (Å²) in [5.41, 5.74) is 0.376. The van der Waals surface area contributed by atoms with Gasteiger partial charge in [-0.05, 0) is 0 Å². The molecule has 0 aromatic carbocycles. The topological polar surface area (TPSA) is 61.4 Å². The van der Waals surface area contributed by atoms with Gasteiger partial charge in [0.1, 0.15) is 0 Å². The minimum Gasteiger partial charge on any atom is -0.515 e. The highest BCUT2D eigenvalue weighted by Gasteiger charge is 2.12. The molecule has 4 heteroatoms. The number of aliphatic hydroxyl groups excluding tert-OH is 1. The van der Waals surface area contributed by atoms with Gasteiger partial charge in [0.25, 0.3) is 5.91 Å². The van der Waals surface area contributed by atoms with Crippen LogP contribution in [0.2, 0.25) is 0 Å². The average molecular weight is 128 g/mol. The van der Waals surface area contributed by atoms with Crippen LogP contribution < -0.4 is 10.6 Å². The first kappa shape index (κ1) is 6.10. The summed E-state index contributed by atoms with van der Waals surface area (Å²) in [5, 5.41) is 13.8. The fourth-order valence-corrected chi connectivity index (χ4v) is 0.638. The van der Waals surface area contributed by atoms with Crippen molar-refractivity contribution in [2.45, 2.75) is 0 Å². The summed E-state index contributed by atoms with van der Waals surface area (Å²) in [6.45, 7) is 0.929. The van der Waals surface area contributed by atoms with Gasteiger partial charge >= 0.3 is 0 Å². The minimum atomic E-state index is -0.198. The molecule has 0 spiro atoms. The lowest BCUT2D eigenvalue weighted by molar-refractivity contribution is -0.118. The van der Waals surface area contributed by atoms with Crippen molar-refractivity contribution in [1.82, 2.24) is 10.6 Å². The lowest BCUT2D eigenvalue weighted by atomic mass is 10.2. The third-order valence-electron chi connectivity index (χ3n) is 1.14. The normalized spacial score (nSPS) is 24.0. The van der Waals surface area contributed by atoms with E-state index in [1.807, 2.05) is 0 Å². The van der Waals surface area contributed by atoms with Crippen molar-refractivity contribution >= 4 is 5.91 Å². The summed E-state index contributed by atoms with van der Waals surface area (Å²) in [5.74, 6) is -0.198. The highest BCUT2D eigenvalue weighted by molar-refractivity contribution is 5.94. The molecular formula is C5H8N2O2. The van der Waals surface area contributed by atoms with Crippen molar-refractivity contribution in [3.05, 3.63) is 11.8 Å². The van der Waals surface area contributed by atoms with Gasteiger partial charge < -0.3 is 10.4 Å². The Balaban J connectivity index is 2.60. The zero-order valence-electron chi connectivity index (χ0n) is 4.85. The van der Waals surface area contributed by atoms with Crippen molar-refractivity contribution in [1.29, 1.82) is 0 Å². The Morgan fingerprint density at radius 3 is 2.89 bits per heavy atom. The van der Waals surface area contributed by atoms with E-state index in [-0.39, 0.29) is 5.91 Å². The summed E-state index contributed by atoms with van der Waals surface area (Å²) in [6.07, 6.45) is 0.821. The molecule has 50 valence electrons. The number of carbonyl (C=O) groups is 1. The Kier molecular flexibility index (Phi) is 1.69. The molecule has 1 rings (SSSR count). The second-order valence-electron chi connectivity index (χ2n) is 1.76. The monoisotopic (exact) mass is 128 g/mol. The molecule has 0 unspecified atom stereocenters. The van der Waals surface area contributed by atoms with Crippen LogP contribution in [0, 0.1) is 0 Å². The second kappa shape index (κ2) is 2.50. The molecule has 1 fully saturated rings. The third kappa shape index (κ3) is 1.20. The molecule has 0 bridgehead atoms. The van der Waals surface area contributed by atoms with Crippen LogP contribution in [0.15, 0.2) is 11.8 Å². The quantitative estimate of drug-likeness (QED) is 0.293. The second-order valence-corrected chi connectivity index (χ2v) is 1.76. The number of nitrogens with one attached hydrogen (secondary N) is 2. The Bertz CT molecular complexity index is 153. The first-order valence-corrected chi connectivity index (χ1v) is 2.67. The van der Waals surface area contributed by atoms with Crippen molar-refractivity contribution in [2.24, 2.45) is 0 Å². The van der Waals surface area contributed by atoms with Gasteiger partial charge in [0.15, 0.2) is 0 Å². The molecule has 0 aromatic heterocycles. The Hall–Kier alpha value is -1.03. The van der Waals surface area contributed by atoms with E-state index in [0.717, 1.165) is 6.26 Å². The summed E-state index contributed by atoms with van der Waals surface area (Å²) in [4.78, 5) is 10.6. The van der Waals surface area contributed by atoms with E-state index in [0.29, 0.717) is 18.8 Å². The van der Waals surface area contributed by atoms with Crippen LogP contribution in [-0.2, 0) is 4.79 Å². The first-order valence-electron chi connectivity index (χ1n) is 2.67. The van der Waals surface area contributed by atoms with E-state index in [9.17, 15) is 4.79 Å². The van der Waals surface area contributed by atoms with Gasteiger partial charge in [-0.1, -0.05) is 0 Å². The maximum absolute atomic E-state index is 10.6. The largest absolute Gasteiger partial charge is 0.515 e. The van der Waals surface area contributed by atoms with Crippen LogP contribution >= 0.6 is 0 Å². The van der Waals surface area contributed by atoms with Crippen LogP contribution in [0.5, 0.6) is 0 Å². The maximum Gasteiger partial charge on any atom is 0.252 e. The lowest BCUT2D eigenvalue weighted by Gasteiger charge is -2.14. The fraction of sp³-hybridized carbons (Fsp3) is 0.400. The van der Waals surface area contributed by atoms with E-state index in [1.165, 1.54) is 0 Å². The average Bonchev–Trinajstić information content (AvgIpc) is 1.89. The van der Waals surface area contributed by atoms with Gasteiger partial charge in [0.2, 0.25) is 0 Å². The highest BCUT2D eigenvalue weighted by Crippen LogP contribution is 1.92. The molecule has 0 aromatic rings. The lowest BCUT2D eigenvalue weighted by Crippen LogP contribution is -2.43. The van der Waals surface area contributed by atoms with Gasteiger partial charge in [0, 0.05) is 6.54 Å². The smallest absolute Gasteiger partial charge is 0.252 e.